The first-order chi connectivity index (χ1) is 13.8. The third-order valence-electron chi connectivity index (χ3n) is 5.09. The Morgan fingerprint density at radius 3 is 2.48 bits per heavy atom. The maximum atomic E-state index is 13.3. The summed E-state index contributed by atoms with van der Waals surface area (Å²) in [6.45, 7) is 0.381. The van der Waals surface area contributed by atoms with Crippen LogP contribution in [0.1, 0.15) is 18.9 Å². The fraction of sp³-hybridized carbons (Fsp3) is 0.263. The second-order valence-corrected chi connectivity index (χ2v) is 9.17. The maximum absolute atomic E-state index is 13.3. The van der Waals surface area contributed by atoms with Gasteiger partial charge in [-0.2, -0.15) is 4.31 Å². The Labute approximate surface area is 170 Å². The zero-order valence-corrected chi connectivity index (χ0v) is 16.6. The molecule has 0 spiro atoms. The predicted octanol–water partition coefficient (Wildman–Crippen LogP) is 3.35. The molecular formula is C19H16ClF2N3O3S. The van der Waals surface area contributed by atoms with Crippen molar-refractivity contribution in [1.82, 2.24) is 13.9 Å². The summed E-state index contributed by atoms with van der Waals surface area (Å²) < 4.78 is 55.0. The first-order valence-corrected chi connectivity index (χ1v) is 10.7. The first-order valence-electron chi connectivity index (χ1n) is 8.89. The molecule has 4 rings (SSSR count). The molecule has 1 aromatic heterocycles. The Bertz CT molecular complexity index is 1260. The van der Waals surface area contributed by atoms with Gasteiger partial charge in [0.05, 0.1) is 27.1 Å². The van der Waals surface area contributed by atoms with Crippen LogP contribution in [0.3, 0.4) is 0 Å². The molecule has 2 heterocycles. The Balaban J connectivity index is 1.56. The fourth-order valence-electron chi connectivity index (χ4n) is 3.52. The van der Waals surface area contributed by atoms with Crippen LogP contribution in [0.5, 0.6) is 0 Å². The molecule has 0 N–H and O–H groups in total. The van der Waals surface area contributed by atoms with E-state index in [1.807, 2.05) is 0 Å². The molecule has 1 fully saturated rings. The average molecular weight is 440 g/mol. The minimum absolute atomic E-state index is 0.0751. The molecule has 2 aromatic carbocycles. The number of hydrogen-bond acceptors (Lipinski definition) is 4. The van der Waals surface area contributed by atoms with E-state index in [1.54, 1.807) is 0 Å². The Hall–Kier alpha value is -2.36. The van der Waals surface area contributed by atoms with Crippen LogP contribution in [0.25, 0.3) is 10.9 Å². The molecule has 0 aliphatic carbocycles. The highest BCUT2D eigenvalue weighted by atomic mass is 35.5. The predicted molar refractivity (Wildman–Crippen MR) is 104 cm³/mol. The van der Waals surface area contributed by atoms with Gasteiger partial charge in [-0.05, 0) is 43.2 Å². The molecule has 0 saturated carbocycles. The molecule has 0 radical (unpaired) electrons. The van der Waals surface area contributed by atoms with Crippen LogP contribution in [-0.4, -0.2) is 35.4 Å². The summed E-state index contributed by atoms with van der Waals surface area (Å²) in [6, 6.07) is 6.87. The quantitative estimate of drug-likeness (QED) is 0.627. The third-order valence-corrected chi connectivity index (χ3v) is 7.28. The van der Waals surface area contributed by atoms with E-state index in [2.05, 4.69) is 4.98 Å². The number of aromatic nitrogens is 2. The lowest BCUT2D eigenvalue weighted by Gasteiger charge is -2.32. The van der Waals surface area contributed by atoms with Gasteiger partial charge in [0.1, 0.15) is 11.6 Å². The largest absolute Gasteiger partial charge is 0.296 e. The van der Waals surface area contributed by atoms with Gasteiger partial charge in [-0.15, -0.1) is 0 Å². The minimum Gasteiger partial charge on any atom is -0.296 e. The summed E-state index contributed by atoms with van der Waals surface area (Å²) in [4.78, 5) is 16.8. The van der Waals surface area contributed by atoms with Crippen molar-refractivity contribution in [1.29, 1.82) is 0 Å². The number of nitrogens with zero attached hydrogens (tertiary/aromatic N) is 3. The second-order valence-electron chi connectivity index (χ2n) is 6.83. The number of sulfonamides is 1. The summed E-state index contributed by atoms with van der Waals surface area (Å²) in [6.07, 6.45) is 2.18. The van der Waals surface area contributed by atoms with Gasteiger partial charge >= 0.3 is 0 Å². The molecule has 3 aromatic rings. The highest BCUT2D eigenvalue weighted by Gasteiger charge is 2.31. The van der Waals surface area contributed by atoms with Gasteiger partial charge in [0.15, 0.2) is 0 Å². The monoisotopic (exact) mass is 439 g/mol. The molecule has 1 aliphatic rings. The zero-order valence-electron chi connectivity index (χ0n) is 15.1. The highest BCUT2D eigenvalue weighted by Crippen LogP contribution is 2.28. The van der Waals surface area contributed by atoms with Crippen LogP contribution in [0, 0.1) is 11.6 Å². The normalized spacial score (nSPS) is 16.4. The van der Waals surface area contributed by atoms with Gasteiger partial charge in [-0.3, -0.25) is 9.36 Å². The highest BCUT2D eigenvalue weighted by molar-refractivity contribution is 7.89. The lowest BCUT2D eigenvalue weighted by molar-refractivity contribution is 0.269. The third kappa shape index (κ3) is 3.65. The topological polar surface area (TPSA) is 72.3 Å². The maximum Gasteiger partial charge on any atom is 0.261 e. The van der Waals surface area contributed by atoms with Crippen molar-refractivity contribution in [2.45, 2.75) is 23.8 Å². The van der Waals surface area contributed by atoms with Crippen LogP contribution in [-0.2, 0) is 10.0 Å². The van der Waals surface area contributed by atoms with Crippen molar-refractivity contribution >= 4 is 32.5 Å². The summed E-state index contributed by atoms with van der Waals surface area (Å²) in [5.41, 5.74) is -0.0129. The lowest BCUT2D eigenvalue weighted by atomic mass is 10.1. The standard InChI is InChI=1S/C19H16ClF2N3O3S/c20-16-10-14(2-4-17(16)22)29(27,28)24-7-5-13(6-8-24)25-11-23-18-9-12(21)1-3-15(18)19(25)26/h1-4,9-11,13H,5-8H2. The van der Waals surface area contributed by atoms with E-state index in [4.69, 9.17) is 11.6 Å². The number of halogens is 3. The molecule has 0 unspecified atom stereocenters. The summed E-state index contributed by atoms with van der Waals surface area (Å²) in [7, 11) is -3.82. The van der Waals surface area contributed by atoms with E-state index < -0.39 is 21.7 Å². The summed E-state index contributed by atoms with van der Waals surface area (Å²) in [5.74, 6) is -1.16. The summed E-state index contributed by atoms with van der Waals surface area (Å²) in [5, 5.41) is 0.0519. The fourth-order valence-corrected chi connectivity index (χ4v) is 5.26. The van der Waals surface area contributed by atoms with Crippen LogP contribution >= 0.6 is 11.6 Å². The van der Waals surface area contributed by atoms with E-state index in [1.165, 1.54) is 39.5 Å². The van der Waals surface area contributed by atoms with Crippen LogP contribution in [0.4, 0.5) is 8.78 Å². The van der Waals surface area contributed by atoms with Crippen LogP contribution in [0.2, 0.25) is 5.02 Å². The van der Waals surface area contributed by atoms with Crippen molar-refractivity contribution in [3.63, 3.8) is 0 Å². The van der Waals surface area contributed by atoms with Crippen molar-refractivity contribution in [2.75, 3.05) is 13.1 Å². The molecule has 10 heteroatoms. The Morgan fingerprint density at radius 1 is 1.07 bits per heavy atom. The van der Waals surface area contributed by atoms with Gasteiger partial charge in [-0.1, -0.05) is 11.6 Å². The average Bonchev–Trinajstić information content (AvgIpc) is 2.70. The van der Waals surface area contributed by atoms with Crippen molar-refractivity contribution < 1.29 is 17.2 Å². The van der Waals surface area contributed by atoms with E-state index >= 15 is 0 Å². The molecule has 0 bridgehead atoms. The van der Waals surface area contributed by atoms with Gasteiger partial charge in [0.25, 0.3) is 5.56 Å². The molecule has 1 aliphatic heterocycles. The van der Waals surface area contributed by atoms with Crippen molar-refractivity contribution in [3.05, 3.63) is 69.7 Å². The smallest absolute Gasteiger partial charge is 0.261 e. The van der Waals surface area contributed by atoms with Crippen molar-refractivity contribution in [2.24, 2.45) is 0 Å². The second kappa shape index (κ2) is 7.47. The molecule has 6 nitrogen and oxygen atoms in total. The van der Waals surface area contributed by atoms with E-state index in [0.29, 0.717) is 18.2 Å². The Kier molecular flexibility index (Phi) is 5.14. The molecule has 29 heavy (non-hydrogen) atoms. The molecule has 0 amide bonds. The number of rotatable bonds is 3. The molecule has 152 valence electrons. The molecule has 1 saturated heterocycles. The molecule has 0 atom stereocenters. The van der Waals surface area contributed by atoms with Crippen molar-refractivity contribution in [3.8, 4) is 0 Å². The summed E-state index contributed by atoms with van der Waals surface area (Å²) >= 11 is 5.71. The van der Waals surface area contributed by atoms with Gasteiger partial charge in [0.2, 0.25) is 10.0 Å². The molecular weight excluding hydrogens is 424 g/mol. The van der Waals surface area contributed by atoms with E-state index in [9.17, 15) is 22.0 Å². The minimum atomic E-state index is -3.82. The van der Waals surface area contributed by atoms with Gasteiger partial charge < -0.3 is 0 Å². The Morgan fingerprint density at radius 2 is 1.79 bits per heavy atom. The van der Waals surface area contributed by atoms with Gasteiger partial charge in [0, 0.05) is 25.2 Å². The zero-order chi connectivity index (χ0) is 20.8. The number of benzene rings is 2. The van der Waals surface area contributed by atoms with E-state index in [0.717, 1.165) is 12.1 Å². The number of piperidine rings is 1. The number of fused-ring (bicyclic) bond motifs is 1. The van der Waals surface area contributed by atoms with Crippen LogP contribution < -0.4 is 5.56 Å². The SMILES string of the molecule is O=c1c2ccc(F)cc2ncn1C1CCN(S(=O)(=O)c2ccc(F)c(Cl)c2)CC1. The van der Waals surface area contributed by atoms with Gasteiger partial charge in [-0.25, -0.2) is 22.2 Å². The van der Waals surface area contributed by atoms with E-state index in [-0.39, 0.29) is 40.1 Å². The number of hydrogen-bond donors (Lipinski definition) is 0. The first kappa shape index (κ1) is 19.9. The van der Waals surface area contributed by atoms with Crippen LogP contribution in [0.15, 0.2) is 52.4 Å². The lowest BCUT2D eigenvalue weighted by Crippen LogP contribution is -2.40.